The molecule has 0 bridgehead atoms. The van der Waals surface area contributed by atoms with Crippen molar-refractivity contribution >= 4 is 70.6 Å². The first-order chi connectivity index (χ1) is 14.2. The molecule has 0 radical (unpaired) electrons. The summed E-state index contributed by atoms with van der Waals surface area (Å²) in [4.78, 5) is 49.0. The van der Waals surface area contributed by atoms with E-state index < -0.39 is 35.3 Å². The maximum absolute atomic E-state index is 12.5. The predicted octanol–water partition coefficient (Wildman–Crippen LogP) is 1.92. The Hall–Kier alpha value is -2.08. The lowest BCUT2D eigenvalue weighted by molar-refractivity contribution is -0.150. The number of ether oxygens (including phenoxy) is 1. The van der Waals surface area contributed by atoms with Gasteiger partial charge in [-0.15, -0.1) is 23.5 Å². The number of carbonyl (C=O) groups excluding carboxylic acids is 3. The molecule has 0 saturated carbocycles. The first-order valence-electron chi connectivity index (χ1n) is 8.38. The summed E-state index contributed by atoms with van der Waals surface area (Å²) in [6.45, 7) is -0.325. The highest BCUT2D eigenvalue weighted by Crippen LogP contribution is 2.40. The molecular weight excluding hydrogens is 477 g/mol. The van der Waals surface area contributed by atoms with E-state index in [0.717, 1.165) is 4.90 Å². The van der Waals surface area contributed by atoms with Gasteiger partial charge in [0.05, 0.1) is 10.8 Å². The minimum atomic E-state index is -1.33. The van der Waals surface area contributed by atoms with Crippen molar-refractivity contribution < 1.29 is 29.0 Å². The number of β-lactam (4-membered cyclic amide) rings is 1. The number of fused-ring (bicyclic) bond motifs is 1. The number of carboxylic acids is 1. The third-order valence-corrected chi connectivity index (χ3v) is 7.28. The number of carboxylic acid groups (broad SMARTS) is 1. The zero-order valence-corrected chi connectivity index (χ0v) is 18.2. The second-order valence-electron chi connectivity index (χ2n) is 6.18. The van der Waals surface area contributed by atoms with Crippen molar-refractivity contribution in [3.63, 3.8) is 0 Å². The summed E-state index contributed by atoms with van der Waals surface area (Å²) >= 11 is 14.4. The third kappa shape index (κ3) is 4.80. The fourth-order valence-corrected chi connectivity index (χ4v) is 5.53. The fraction of sp³-hybridized carbons (Fsp3) is 0.294. The van der Waals surface area contributed by atoms with Crippen LogP contribution in [0.25, 0.3) is 0 Å². The highest BCUT2D eigenvalue weighted by atomic mass is 35.5. The quantitative estimate of drug-likeness (QED) is 0.388. The van der Waals surface area contributed by atoms with Gasteiger partial charge >= 0.3 is 12.1 Å². The monoisotopic (exact) mass is 491 g/mol. The van der Waals surface area contributed by atoms with Gasteiger partial charge in [0, 0.05) is 21.2 Å². The number of primary amides is 1. The van der Waals surface area contributed by atoms with Gasteiger partial charge in [-0.2, -0.15) is 0 Å². The Morgan fingerprint density at radius 2 is 2.10 bits per heavy atom. The summed E-state index contributed by atoms with van der Waals surface area (Å²) in [5.41, 5.74) is 4.92. The molecule has 13 heteroatoms. The molecule has 2 aliphatic rings. The number of rotatable bonds is 7. The lowest BCUT2D eigenvalue weighted by Gasteiger charge is -2.49. The number of halogens is 2. The Labute approximate surface area is 189 Å². The molecule has 2 heterocycles. The van der Waals surface area contributed by atoms with Crippen LogP contribution in [0, 0.1) is 0 Å². The van der Waals surface area contributed by atoms with E-state index in [4.69, 9.17) is 28.9 Å². The average molecular weight is 492 g/mol. The molecule has 1 fully saturated rings. The van der Waals surface area contributed by atoms with Gasteiger partial charge in [-0.05, 0) is 18.2 Å². The number of benzene rings is 1. The summed E-state index contributed by atoms with van der Waals surface area (Å²) in [6.07, 6.45) is -1.04. The van der Waals surface area contributed by atoms with Gasteiger partial charge in [0.15, 0.2) is 0 Å². The second kappa shape index (κ2) is 9.38. The topological polar surface area (TPSA) is 139 Å². The van der Waals surface area contributed by atoms with Crippen LogP contribution in [-0.2, 0) is 19.1 Å². The van der Waals surface area contributed by atoms with E-state index in [1.165, 1.54) is 23.5 Å². The van der Waals surface area contributed by atoms with Crippen molar-refractivity contribution in [2.75, 3.05) is 18.1 Å². The number of nitrogens with zero attached hydrogens (tertiary/aromatic N) is 1. The predicted molar refractivity (Wildman–Crippen MR) is 112 cm³/mol. The Morgan fingerprint density at radius 3 is 2.77 bits per heavy atom. The van der Waals surface area contributed by atoms with Gasteiger partial charge in [-0.1, -0.05) is 23.2 Å². The van der Waals surface area contributed by atoms with Crippen LogP contribution in [0.5, 0.6) is 0 Å². The van der Waals surface area contributed by atoms with Gasteiger partial charge in [0.25, 0.3) is 5.91 Å². The van der Waals surface area contributed by atoms with Crippen molar-refractivity contribution in [1.29, 1.82) is 0 Å². The molecule has 3 rings (SSSR count). The minimum Gasteiger partial charge on any atom is -0.477 e. The van der Waals surface area contributed by atoms with E-state index >= 15 is 0 Å². The number of amides is 3. The number of nitrogens with one attached hydrogen (secondary N) is 1. The van der Waals surface area contributed by atoms with Crippen molar-refractivity contribution in [3.8, 4) is 0 Å². The van der Waals surface area contributed by atoms with Crippen LogP contribution in [0.3, 0.4) is 0 Å². The molecule has 1 aromatic rings. The van der Waals surface area contributed by atoms with E-state index in [0.29, 0.717) is 14.9 Å². The number of aliphatic carboxylic acids is 1. The summed E-state index contributed by atoms with van der Waals surface area (Å²) in [5.74, 6) is -2.07. The summed E-state index contributed by atoms with van der Waals surface area (Å²) in [5, 5.41) is 12.5. The van der Waals surface area contributed by atoms with Crippen LogP contribution in [0.1, 0.15) is 0 Å². The van der Waals surface area contributed by atoms with E-state index in [-0.39, 0.29) is 29.4 Å². The number of nitrogens with two attached hydrogens (primary N) is 1. The lowest BCUT2D eigenvalue weighted by atomic mass is 10.0. The van der Waals surface area contributed by atoms with Crippen LogP contribution in [-0.4, -0.2) is 63.4 Å². The average Bonchev–Trinajstić information content (AvgIpc) is 2.70. The second-order valence-corrected chi connectivity index (χ2v) is 9.15. The van der Waals surface area contributed by atoms with Gasteiger partial charge in [0.1, 0.15) is 23.7 Å². The molecule has 160 valence electrons. The molecule has 0 spiro atoms. The maximum Gasteiger partial charge on any atom is 0.404 e. The number of hydrogen-bond acceptors (Lipinski definition) is 7. The molecule has 1 saturated heterocycles. The molecule has 1 unspecified atom stereocenters. The zero-order chi connectivity index (χ0) is 22.0. The Balaban J connectivity index is 1.63. The number of thioether (sulfide) groups is 2. The van der Waals surface area contributed by atoms with Gasteiger partial charge in [-0.25, -0.2) is 9.59 Å². The largest absolute Gasteiger partial charge is 0.477 e. The van der Waals surface area contributed by atoms with Gasteiger partial charge in [0.2, 0.25) is 5.91 Å². The van der Waals surface area contributed by atoms with Crippen LogP contribution in [0.2, 0.25) is 10.0 Å². The Morgan fingerprint density at radius 1 is 1.37 bits per heavy atom. The highest BCUT2D eigenvalue weighted by molar-refractivity contribution is 8.00. The standard InChI is InChI=1S/C17H15Cl2N3O6S2/c18-8-1-2-9(19)10(3-8)29-6-11(23)21-12-14(24)22-13(16(25)26)7(4-28-17(20)27)5-30-15(12)22/h1-3,12,15H,4-6H2,(H2,20,27)(H,21,23)(H,25,26)/t12?,15-/m1/s1. The SMILES string of the molecule is NC(=O)OCC1=C(C(=O)O)N2C(=O)C(NC(=O)CSc3cc(Cl)ccc3Cl)[C@H]2SC1. The smallest absolute Gasteiger partial charge is 0.404 e. The van der Waals surface area contributed by atoms with Crippen LogP contribution >= 0.6 is 46.7 Å². The molecule has 4 N–H and O–H groups in total. The number of carbonyl (C=O) groups is 4. The summed E-state index contributed by atoms with van der Waals surface area (Å²) in [6, 6.07) is 4.03. The van der Waals surface area contributed by atoms with Crippen molar-refractivity contribution in [2.24, 2.45) is 5.73 Å². The zero-order valence-electron chi connectivity index (χ0n) is 15.1. The molecule has 3 amide bonds. The maximum atomic E-state index is 12.5. The number of hydrogen-bond donors (Lipinski definition) is 3. The van der Waals surface area contributed by atoms with Crippen molar-refractivity contribution in [2.45, 2.75) is 16.3 Å². The van der Waals surface area contributed by atoms with Crippen LogP contribution in [0.4, 0.5) is 4.79 Å². The first kappa shape index (κ1) is 22.6. The lowest BCUT2D eigenvalue weighted by Crippen LogP contribution is -2.70. The highest BCUT2D eigenvalue weighted by Gasteiger charge is 2.54. The van der Waals surface area contributed by atoms with Gasteiger partial charge in [-0.3, -0.25) is 14.5 Å². The molecule has 0 aromatic heterocycles. The minimum absolute atomic E-state index is 0.000553. The third-order valence-electron chi connectivity index (χ3n) is 4.21. The fourth-order valence-electron chi connectivity index (χ4n) is 2.90. The normalized spacial score (nSPS) is 20.3. The van der Waals surface area contributed by atoms with Gasteiger partial charge < -0.3 is 20.9 Å². The Kier molecular flexibility index (Phi) is 7.06. The molecule has 2 aliphatic heterocycles. The van der Waals surface area contributed by atoms with Crippen LogP contribution in [0.15, 0.2) is 34.4 Å². The summed E-state index contributed by atoms with van der Waals surface area (Å²) in [7, 11) is 0. The molecule has 2 atom stereocenters. The molecule has 30 heavy (non-hydrogen) atoms. The Bertz CT molecular complexity index is 957. The van der Waals surface area contributed by atoms with E-state index in [9.17, 15) is 24.3 Å². The van der Waals surface area contributed by atoms with E-state index in [1.54, 1.807) is 18.2 Å². The molecule has 9 nitrogen and oxygen atoms in total. The van der Waals surface area contributed by atoms with E-state index in [1.807, 2.05) is 0 Å². The van der Waals surface area contributed by atoms with Crippen molar-refractivity contribution in [1.82, 2.24) is 10.2 Å². The molecular formula is C17H15Cl2N3O6S2. The van der Waals surface area contributed by atoms with Crippen LogP contribution < -0.4 is 11.1 Å². The molecule has 0 aliphatic carbocycles. The van der Waals surface area contributed by atoms with E-state index in [2.05, 4.69) is 10.1 Å². The first-order valence-corrected chi connectivity index (χ1v) is 11.2. The molecule has 1 aromatic carbocycles. The van der Waals surface area contributed by atoms with Crippen molar-refractivity contribution in [3.05, 3.63) is 39.5 Å². The summed E-state index contributed by atoms with van der Waals surface area (Å²) < 4.78 is 4.66.